The Kier molecular flexibility index (Phi) is 6.27. The molecule has 1 N–H and O–H groups in total. The van der Waals surface area contributed by atoms with Crippen molar-refractivity contribution in [1.29, 1.82) is 0 Å². The Morgan fingerprint density at radius 3 is 2.82 bits per heavy atom. The number of aryl methyl sites for hydroxylation is 1. The molecule has 0 unspecified atom stereocenters. The molecule has 94 valence electrons. The lowest BCUT2D eigenvalue weighted by Gasteiger charge is -1.95. The van der Waals surface area contributed by atoms with E-state index < -0.39 is 0 Å². The van der Waals surface area contributed by atoms with Gasteiger partial charge < -0.3 is 5.11 Å². The quantitative estimate of drug-likeness (QED) is 0.647. The predicted octanol–water partition coefficient (Wildman–Crippen LogP) is 3.08. The first-order chi connectivity index (χ1) is 8.20. The highest BCUT2D eigenvalue weighted by atomic mass is 79.9. The fraction of sp³-hybridized carbons (Fsp3) is 0.538. The van der Waals surface area contributed by atoms with Gasteiger partial charge in [-0.1, -0.05) is 6.92 Å². The lowest BCUT2D eigenvalue weighted by atomic mass is 10.2. The van der Waals surface area contributed by atoms with Crippen molar-refractivity contribution < 1.29 is 5.11 Å². The van der Waals surface area contributed by atoms with Crippen LogP contribution in [0.1, 0.15) is 37.6 Å². The van der Waals surface area contributed by atoms with E-state index in [0.29, 0.717) is 0 Å². The fourth-order valence-corrected chi connectivity index (χ4v) is 2.34. The van der Waals surface area contributed by atoms with E-state index in [0.717, 1.165) is 35.8 Å². The summed E-state index contributed by atoms with van der Waals surface area (Å²) in [6.07, 6.45) is 7.64. The number of aliphatic hydroxyl groups excluding tert-OH is 1. The molecular formula is C13H19BrN2O. The van der Waals surface area contributed by atoms with Crippen LogP contribution in [-0.2, 0) is 13.5 Å². The molecular weight excluding hydrogens is 280 g/mol. The lowest BCUT2D eigenvalue weighted by Crippen LogP contribution is -1.96. The van der Waals surface area contributed by atoms with Crippen molar-refractivity contribution in [2.45, 2.75) is 32.6 Å². The van der Waals surface area contributed by atoms with Gasteiger partial charge in [-0.05, 0) is 47.7 Å². The monoisotopic (exact) mass is 298 g/mol. The van der Waals surface area contributed by atoms with E-state index >= 15 is 0 Å². The third-order valence-corrected chi connectivity index (χ3v) is 3.42. The van der Waals surface area contributed by atoms with Gasteiger partial charge in [0.25, 0.3) is 0 Å². The van der Waals surface area contributed by atoms with Crippen LogP contribution in [0.15, 0.2) is 16.3 Å². The number of aliphatic hydroxyl groups is 1. The highest BCUT2D eigenvalue weighted by Gasteiger charge is 2.08. The van der Waals surface area contributed by atoms with Crippen LogP contribution in [0, 0.1) is 0 Å². The first kappa shape index (κ1) is 14.2. The molecule has 0 amide bonds. The highest BCUT2D eigenvalue weighted by Crippen LogP contribution is 2.22. The van der Waals surface area contributed by atoms with Gasteiger partial charge in [0, 0.05) is 19.7 Å². The molecule has 0 atom stereocenters. The van der Waals surface area contributed by atoms with Crippen molar-refractivity contribution in [3.05, 3.63) is 27.7 Å². The molecule has 17 heavy (non-hydrogen) atoms. The van der Waals surface area contributed by atoms with Crippen molar-refractivity contribution in [1.82, 2.24) is 9.78 Å². The fourth-order valence-electron chi connectivity index (χ4n) is 1.61. The third-order valence-electron chi connectivity index (χ3n) is 2.56. The predicted molar refractivity (Wildman–Crippen MR) is 73.8 cm³/mol. The van der Waals surface area contributed by atoms with Crippen LogP contribution >= 0.6 is 15.9 Å². The smallest absolute Gasteiger partial charge is 0.107 e. The summed E-state index contributed by atoms with van der Waals surface area (Å²) in [6.45, 7) is 2.38. The number of unbranched alkanes of at least 4 members (excludes halogenated alkanes) is 2. The van der Waals surface area contributed by atoms with Gasteiger partial charge in [0.1, 0.15) is 5.69 Å². The molecule has 1 aromatic rings. The normalized spacial score (nSPS) is 10.1. The maximum absolute atomic E-state index is 8.64. The van der Waals surface area contributed by atoms with Gasteiger partial charge >= 0.3 is 0 Å². The molecule has 0 aromatic carbocycles. The van der Waals surface area contributed by atoms with Gasteiger partial charge in [-0.2, -0.15) is 5.10 Å². The van der Waals surface area contributed by atoms with Crippen LogP contribution < -0.4 is 0 Å². The number of nitrogens with zero attached hydrogens (tertiary/aromatic N) is 2. The standard InChI is InChI=1S/C13H19BrN2O/c1-3-12-13(14)11(15-16(12)2)9-7-5-4-6-8-10-17/h5,9,17H,3-4,6,8,10H2,1-2H3. The van der Waals surface area contributed by atoms with E-state index in [1.54, 1.807) is 0 Å². The first-order valence-corrected chi connectivity index (χ1v) is 6.73. The van der Waals surface area contributed by atoms with Gasteiger partial charge in [0.05, 0.1) is 10.2 Å². The molecule has 0 saturated heterocycles. The van der Waals surface area contributed by atoms with Crippen LogP contribution in [0.5, 0.6) is 0 Å². The van der Waals surface area contributed by atoms with Crippen molar-refractivity contribution in [3.8, 4) is 0 Å². The zero-order valence-corrected chi connectivity index (χ0v) is 12.0. The van der Waals surface area contributed by atoms with Gasteiger partial charge in [0.2, 0.25) is 0 Å². The molecule has 0 aliphatic carbocycles. The number of rotatable bonds is 6. The lowest BCUT2D eigenvalue weighted by molar-refractivity contribution is 0.285. The Labute approximate surface area is 111 Å². The van der Waals surface area contributed by atoms with Crippen LogP contribution in [-0.4, -0.2) is 21.5 Å². The minimum Gasteiger partial charge on any atom is -0.396 e. The average Bonchev–Trinajstić information content (AvgIpc) is 2.58. The Morgan fingerprint density at radius 1 is 1.47 bits per heavy atom. The van der Waals surface area contributed by atoms with E-state index in [2.05, 4.69) is 33.7 Å². The molecule has 1 aromatic heterocycles. The SMILES string of the molecule is CCc1c(Br)c(C=C=CCCCCO)nn1C. The van der Waals surface area contributed by atoms with Gasteiger partial charge in [-0.3, -0.25) is 4.68 Å². The molecule has 0 bridgehead atoms. The molecule has 0 spiro atoms. The van der Waals surface area contributed by atoms with Crippen LogP contribution in [0.4, 0.5) is 0 Å². The van der Waals surface area contributed by atoms with E-state index in [1.807, 2.05) is 23.9 Å². The molecule has 0 fully saturated rings. The third kappa shape index (κ3) is 4.15. The Balaban J connectivity index is 2.65. The van der Waals surface area contributed by atoms with Gasteiger partial charge in [-0.15, -0.1) is 5.73 Å². The molecule has 0 aliphatic heterocycles. The number of halogens is 1. The van der Waals surface area contributed by atoms with E-state index in [-0.39, 0.29) is 6.61 Å². The Hall–Kier alpha value is -0.830. The molecule has 1 heterocycles. The summed E-state index contributed by atoms with van der Waals surface area (Å²) in [6, 6.07) is 0. The van der Waals surface area contributed by atoms with E-state index in [4.69, 9.17) is 5.11 Å². The van der Waals surface area contributed by atoms with E-state index in [1.165, 1.54) is 5.69 Å². The summed E-state index contributed by atoms with van der Waals surface area (Å²) < 4.78 is 2.95. The van der Waals surface area contributed by atoms with Gasteiger partial charge in [-0.25, -0.2) is 0 Å². The number of allylic oxidation sites excluding steroid dienone is 1. The van der Waals surface area contributed by atoms with Crippen molar-refractivity contribution in [3.63, 3.8) is 0 Å². The van der Waals surface area contributed by atoms with Gasteiger partial charge in [0.15, 0.2) is 0 Å². The molecule has 3 nitrogen and oxygen atoms in total. The number of aromatic nitrogens is 2. The van der Waals surface area contributed by atoms with E-state index in [9.17, 15) is 0 Å². The van der Waals surface area contributed by atoms with Crippen molar-refractivity contribution in [2.75, 3.05) is 6.61 Å². The zero-order chi connectivity index (χ0) is 12.7. The summed E-state index contributed by atoms with van der Waals surface area (Å²) in [5.41, 5.74) is 5.24. The molecule has 4 heteroatoms. The second kappa shape index (κ2) is 7.49. The zero-order valence-electron chi connectivity index (χ0n) is 10.4. The molecule has 1 rings (SSSR count). The minimum absolute atomic E-state index is 0.267. The largest absolute Gasteiger partial charge is 0.396 e. The second-order valence-corrected chi connectivity index (χ2v) is 4.65. The summed E-state index contributed by atoms with van der Waals surface area (Å²) >= 11 is 3.55. The maximum atomic E-state index is 8.64. The summed E-state index contributed by atoms with van der Waals surface area (Å²) in [5.74, 6) is 0. The average molecular weight is 299 g/mol. The van der Waals surface area contributed by atoms with Crippen LogP contribution in [0.2, 0.25) is 0 Å². The molecule has 0 saturated carbocycles. The Bertz CT molecular complexity index is 417. The van der Waals surface area contributed by atoms with Crippen LogP contribution in [0.25, 0.3) is 6.08 Å². The summed E-state index contributed by atoms with van der Waals surface area (Å²) in [5, 5.41) is 13.0. The Morgan fingerprint density at radius 2 is 2.24 bits per heavy atom. The van der Waals surface area contributed by atoms with Crippen molar-refractivity contribution in [2.24, 2.45) is 7.05 Å². The molecule has 0 aliphatic rings. The second-order valence-electron chi connectivity index (χ2n) is 3.86. The summed E-state index contributed by atoms with van der Waals surface area (Å²) in [7, 11) is 1.95. The number of hydrogen-bond donors (Lipinski definition) is 1. The maximum Gasteiger partial charge on any atom is 0.107 e. The number of hydrogen-bond acceptors (Lipinski definition) is 2. The van der Waals surface area contributed by atoms with Crippen molar-refractivity contribution >= 4 is 22.0 Å². The van der Waals surface area contributed by atoms with Crippen LogP contribution in [0.3, 0.4) is 0 Å². The summed E-state index contributed by atoms with van der Waals surface area (Å²) in [4.78, 5) is 0. The first-order valence-electron chi connectivity index (χ1n) is 5.93. The minimum atomic E-state index is 0.267. The molecule has 0 radical (unpaired) electrons. The highest BCUT2D eigenvalue weighted by molar-refractivity contribution is 9.10. The topological polar surface area (TPSA) is 38.1 Å².